The summed E-state index contributed by atoms with van der Waals surface area (Å²) in [6, 6.07) is 9.83. The molecule has 0 aliphatic carbocycles. The van der Waals surface area contributed by atoms with Crippen LogP contribution in [0.2, 0.25) is 18.1 Å². The standard InChI is InChI=1S/C41H56N6O13SSi/c1-26(35-34(36(48)42-35)27(2)60-62(6,7)41(3,4)5)38(50)61-32-22-33(45(23-32)39(51)58-24-28-8-12-30(13-9-28)46(53)54)37(49)44-18-16-43(17-19-44)20-21-57-40(52)59-25-29-10-14-31(15-11-29)47(55)56/h8-15,26-27,32-35H,16-25H2,1-7H3,(H,42,48)/t26-,27-,32+,33+,34-,35-/m1/s1. The van der Waals surface area contributed by atoms with Crippen LogP contribution in [0.4, 0.5) is 21.0 Å². The van der Waals surface area contributed by atoms with Crippen LogP contribution in [0.3, 0.4) is 0 Å². The van der Waals surface area contributed by atoms with E-state index >= 15 is 0 Å². The monoisotopic (exact) mass is 900 g/mol. The Morgan fingerprint density at radius 2 is 1.42 bits per heavy atom. The maximum atomic E-state index is 14.1. The number of benzene rings is 2. The van der Waals surface area contributed by atoms with E-state index in [0.29, 0.717) is 43.9 Å². The number of non-ortho nitro benzene ring substituents is 2. The highest BCUT2D eigenvalue weighted by molar-refractivity contribution is 8.14. The number of ether oxygens (including phenoxy) is 3. The Labute approximate surface area is 365 Å². The summed E-state index contributed by atoms with van der Waals surface area (Å²) in [5.41, 5.74) is 0.893. The summed E-state index contributed by atoms with van der Waals surface area (Å²) in [7, 11) is -2.20. The number of β-lactam (4-membered cyclic amide) rings is 1. The number of nitro benzene ring substituents is 2. The molecule has 3 saturated heterocycles. The van der Waals surface area contributed by atoms with Crippen molar-refractivity contribution in [2.45, 2.75) is 95.8 Å². The van der Waals surface area contributed by atoms with E-state index in [4.69, 9.17) is 18.6 Å². The van der Waals surface area contributed by atoms with Crippen molar-refractivity contribution in [3.05, 3.63) is 79.9 Å². The zero-order chi connectivity index (χ0) is 45.5. The minimum absolute atomic E-state index is 0.0310. The Morgan fingerprint density at radius 1 is 0.871 bits per heavy atom. The smallest absolute Gasteiger partial charge is 0.445 e. The zero-order valence-corrected chi connectivity index (χ0v) is 37.9. The van der Waals surface area contributed by atoms with E-state index in [1.54, 1.807) is 11.8 Å². The molecule has 0 saturated carbocycles. The molecule has 0 unspecified atom stereocenters. The van der Waals surface area contributed by atoms with Crippen molar-refractivity contribution in [2.75, 3.05) is 45.9 Å². The number of nitro groups is 2. The van der Waals surface area contributed by atoms with Gasteiger partial charge in [0.25, 0.3) is 11.4 Å². The third-order valence-electron chi connectivity index (χ3n) is 12.1. The normalized spacial score (nSPS) is 21.6. The summed E-state index contributed by atoms with van der Waals surface area (Å²) in [5, 5.41) is 24.2. The van der Waals surface area contributed by atoms with E-state index in [1.165, 1.54) is 53.4 Å². The molecule has 0 aromatic heterocycles. The van der Waals surface area contributed by atoms with Gasteiger partial charge in [0, 0.05) is 74.7 Å². The van der Waals surface area contributed by atoms with Crippen LogP contribution < -0.4 is 5.32 Å². The molecule has 3 aliphatic heterocycles. The first-order valence-electron chi connectivity index (χ1n) is 20.5. The van der Waals surface area contributed by atoms with Crippen molar-refractivity contribution in [1.82, 2.24) is 20.0 Å². The number of amides is 3. The molecule has 5 rings (SSSR count). The maximum absolute atomic E-state index is 14.1. The molecule has 1 N–H and O–H groups in total. The van der Waals surface area contributed by atoms with E-state index in [9.17, 15) is 44.2 Å². The molecule has 0 spiro atoms. The molecule has 0 radical (unpaired) electrons. The van der Waals surface area contributed by atoms with Gasteiger partial charge in [-0.05, 0) is 66.9 Å². The van der Waals surface area contributed by atoms with Gasteiger partial charge in [0.05, 0.1) is 27.9 Å². The highest BCUT2D eigenvalue weighted by Gasteiger charge is 2.51. The fourth-order valence-electron chi connectivity index (χ4n) is 7.31. The van der Waals surface area contributed by atoms with Gasteiger partial charge >= 0.3 is 12.2 Å². The first-order valence-corrected chi connectivity index (χ1v) is 24.3. The van der Waals surface area contributed by atoms with Crippen LogP contribution in [-0.2, 0) is 46.2 Å². The molecule has 2 aromatic rings. The van der Waals surface area contributed by atoms with E-state index in [1.807, 2.05) is 11.8 Å². The van der Waals surface area contributed by atoms with Crippen LogP contribution in [0.15, 0.2) is 48.5 Å². The van der Waals surface area contributed by atoms with E-state index in [-0.39, 0.29) is 66.1 Å². The van der Waals surface area contributed by atoms with Crippen LogP contribution in [0, 0.1) is 32.1 Å². The molecule has 62 heavy (non-hydrogen) atoms. The van der Waals surface area contributed by atoms with E-state index < -0.39 is 65.7 Å². The van der Waals surface area contributed by atoms with Gasteiger partial charge in [0.1, 0.15) is 25.9 Å². The van der Waals surface area contributed by atoms with Crippen LogP contribution in [0.1, 0.15) is 52.2 Å². The van der Waals surface area contributed by atoms with Gasteiger partial charge in [-0.3, -0.25) is 44.4 Å². The lowest BCUT2D eigenvalue weighted by Gasteiger charge is -2.46. The number of piperazine rings is 1. The molecule has 6 atom stereocenters. The highest BCUT2D eigenvalue weighted by atomic mass is 32.2. The summed E-state index contributed by atoms with van der Waals surface area (Å²) >= 11 is 1.06. The third kappa shape index (κ3) is 12.1. The van der Waals surface area contributed by atoms with Crippen LogP contribution in [-0.4, -0.2) is 131 Å². The Hall–Kier alpha value is -5.12. The second-order valence-corrected chi connectivity index (χ2v) is 23.4. The van der Waals surface area contributed by atoms with Gasteiger partial charge in [-0.1, -0.05) is 39.5 Å². The van der Waals surface area contributed by atoms with Crippen molar-refractivity contribution in [2.24, 2.45) is 11.8 Å². The number of nitrogens with one attached hydrogen (secondary N) is 1. The van der Waals surface area contributed by atoms with E-state index in [0.717, 1.165) is 11.8 Å². The average molecular weight is 901 g/mol. The lowest BCUT2D eigenvalue weighted by molar-refractivity contribution is -0.385. The first kappa shape index (κ1) is 47.9. The third-order valence-corrected chi connectivity index (χ3v) is 17.9. The van der Waals surface area contributed by atoms with Crippen LogP contribution in [0.25, 0.3) is 0 Å². The lowest BCUT2D eigenvalue weighted by atomic mass is 9.79. The molecule has 3 fully saturated rings. The molecular formula is C41H56N6O13SSi. The molecular weight excluding hydrogens is 845 g/mol. The Kier molecular flexibility index (Phi) is 15.7. The Bertz CT molecular complexity index is 1970. The SMILES string of the molecule is C[C@@H](O[Si](C)(C)C(C)(C)C)[C@H]1C(=O)N[C@@H]1[C@@H](C)C(=O)S[C@H]1C[C@@H](C(=O)N2CCN(CCOC(=O)OCc3ccc([N+](=O)[O-])cc3)CC2)N(C(=O)OCc2ccc([N+](=O)[O-])cc2)C1. The molecule has 3 amide bonds. The van der Waals surface area contributed by atoms with Gasteiger partial charge < -0.3 is 28.9 Å². The van der Waals surface area contributed by atoms with Crippen molar-refractivity contribution in [3.63, 3.8) is 0 Å². The molecule has 21 heteroatoms. The van der Waals surface area contributed by atoms with Gasteiger partial charge in [0.2, 0.25) is 11.8 Å². The molecule has 3 aliphatic rings. The zero-order valence-electron chi connectivity index (χ0n) is 36.1. The van der Waals surface area contributed by atoms with Gasteiger partial charge in [-0.25, -0.2) is 9.59 Å². The summed E-state index contributed by atoms with van der Waals surface area (Å²) in [6.45, 7) is 16.0. The summed E-state index contributed by atoms with van der Waals surface area (Å²) in [5.74, 6) is -1.53. The summed E-state index contributed by atoms with van der Waals surface area (Å²) in [6.07, 6.45) is -1.85. The van der Waals surface area contributed by atoms with Crippen LogP contribution in [0.5, 0.6) is 0 Å². The Morgan fingerprint density at radius 3 is 1.94 bits per heavy atom. The number of nitrogens with zero attached hydrogens (tertiary/aromatic N) is 5. The number of hydrogen-bond acceptors (Lipinski definition) is 15. The lowest BCUT2D eigenvalue weighted by Crippen LogP contribution is -2.66. The molecule has 0 bridgehead atoms. The maximum Gasteiger partial charge on any atom is 0.508 e. The minimum Gasteiger partial charge on any atom is -0.445 e. The number of likely N-dealkylation sites (tertiary alicyclic amines) is 1. The molecule has 3 heterocycles. The first-order chi connectivity index (χ1) is 29.1. The number of hydrogen-bond donors (Lipinski definition) is 1. The predicted octanol–water partition coefficient (Wildman–Crippen LogP) is 5.50. The number of thioether (sulfide) groups is 1. The number of rotatable bonds is 16. The van der Waals surface area contributed by atoms with Crippen molar-refractivity contribution >= 4 is 60.6 Å². The second kappa shape index (κ2) is 20.4. The molecule has 2 aromatic carbocycles. The van der Waals surface area contributed by atoms with Gasteiger partial charge in [-0.15, -0.1) is 0 Å². The second-order valence-electron chi connectivity index (χ2n) is 17.4. The van der Waals surface area contributed by atoms with Crippen LogP contribution >= 0.6 is 11.8 Å². The van der Waals surface area contributed by atoms with Gasteiger partial charge in [-0.2, -0.15) is 0 Å². The van der Waals surface area contributed by atoms with Crippen molar-refractivity contribution in [1.29, 1.82) is 0 Å². The van der Waals surface area contributed by atoms with E-state index in [2.05, 4.69) is 39.2 Å². The summed E-state index contributed by atoms with van der Waals surface area (Å²) in [4.78, 5) is 92.5. The summed E-state index contributed by atoms with van der Waals surface area (Å²) < 4.78 is 22.4. The number of carbonyl (C=O) groups excluding carboxylic acids is 5. The molecule has 19 nitrogen and oxygen atoms in total. The average Bonchev–Trinajstić information content (AvgIpc) is 3.64. The largest absolute Gasteiger partial charge is 0.508 e. The minimum atomic E-state index is -2.20. The fraction of sp³-hybridized carbons (Fsp3) is 0.585. The Balaban J connectivity index is 1.16. The number of carbonyl (C=O) groups is 5. The predicted molar refractivity (Wildman–Crippen MR) is 229 cm³/mol. The van der Waals surface area contributed by atoms with Crippen molar-refractivity contribution < 1.29 is 52.5 Å². The molecule has 338 valence electrons. The quantitative estimate of drug-likeness (QED) is 0.0721. The van der Waals surface area contributed by atoms with Gasteiger partial charge in [0.15, 0.2) is 13.4 Å². The fourth-order valence-corrected chi connectivity index (χ4v) is 9.94. The highest BCUT2D eigenvalue weighted by Crippen LogP contribution is 2.40. The van der Waals surface area contributed by atoms with Crippen molar-refractivity contribution in [3.8, 4) is 0 Å². The topological polar surface area (TPSA) is 230 Å².